The van der Waals surface area contributed by atoms with Crippen molar-refractivity contribution in [2.75, 3.05) is 6.61 Å². The quantitative estimate of drug-likeness (QED) is 0.491. The standard InChI is InChI=1S/C14H17NO3S/c1-2-3-9-18-14(17)11-12(13(16)15-11)19-10-7-5-4-6-8-10/h4-8,11-12H,2-3,9H2,1H3,(H,15,16). The smallest absolute Gasteiger partial charge is 0.330 e. The summed E-state index contributed by atoms with van der Waals surface area (Å²) in [5.41, 5.74) is 0. The molecule has 0 aliphatic carbocycles. The number of nitrogens with one attached hydrogen (secondary N) is 1. The van der Waals surface area contributed by atoms with Crippen LogP contribution in [0, 0.1) is 0 Å². The molecule has 0 radical (unpaired) electrons. The van der Waals surface area contributed by atoms with Crippen molar-refractivity contribution >= 4 is 23.6 Å². The summed E-state index contributed by atoms with van der Waals surface area (Å²) in [6, 6.07) is 9.07. The molecule has 0 bridgehead atoms. The molecular weight excluding hydrogens is 262 g/mol. The van der Waals surface area contributed by atoms with Crippen molar-refractivity contribution in [3.63, 3.8) is 0 Å². The maximum Gasteiger partial charge on any atom is 0.330 e. The Morgan fingerprint density at radius 3 is 2.74 bits per heavy atom. The van der Waals surface area contributed by atoms with Gasteiger partial charge in [-0.25, -0.2) is 4.79 Å². The number of hydrogen-bond acceptors (Lipinski definition) is 4. The van der Waals surface area contributed by atoms with E-state index in [0.717, 1.165) is 17.7 Å². The molecule has 2 rings (SSSR count). The number of amides is 1. The molecule has 1 aromatic rings. The normalized spacial score (nSPS) is 21.4. The topological polar surface area (TPSA) is 55.4 Å². The fourth-order valence-electron chi connectivity index (χ4n) is 1.72. The summed E-state index contributed by atoms with van der Waals surface area (Å²) in [6.07, 6.45) is 1.83. The van der Waals surface area contributed by atoms with Crippen LogP contribution in [0.4, 0.5) is 0 Å². The van der Waals surface area contributed by atoms with Crippen LogP contribution < -0.4 is 5.32 Å². The number of unbranched alkanes of at least 4 members (excludes halogenated alkanes) is 1. The Morgan fingerprint density at radius 2 is 2.11 bits per heavy atom. The van der Waals surface area contributed by atoms with Crippen molar-refractivity contribution in [1.29, 1.82) is 0 Å². The summed E-state index contributed by atoms with van der Waals surface area (Å²) in [4.78, 5) is 24.3. The average Bonchev–Trinajstić information content (AvgIpc) is 2.43. The van der Waals surface area contributed by atoms with Gasteiger partial charge in [0, 0.05) is 4.90 Å². The molecule has 1 heterocycles. The van der Waals surface area contributed by atoms with Crippen LogP contribution in [0.25, 0.3) is 0 Å². The third-order valence-electron chi connectivity index (χ3n) is 2.86. The van der Waals surface area contributed by atoms with E-state index < -0.39 is 6.04 Å². The first-order valence-corrected chi connectivity index (χ1v) is 7.29. The Bertz CT molecular complexity index is 449. The molecule has 1 fully saturated rings. The monoisotopic (exact) mass is 279 g/mol. The highest BCUT2D eigenvalue weighted by Gasteiger charge is 2.45. The van der Waals surface area contributed by atoms with Crippen molar-refractivity contribution in [3.05, 3.63) is 30.3 Å². The molecular formula is C14H17NO3S. The summed E-state index contributed by atoms with van der Waals surface area (Å²) in [6.45, 7) is 2.46. The van der Waals surface area contributed by atoms with E-state index in [2.05, 4.69) is 5.32 Å². The number of hydrogen-bond donors (Lipinski definition) is 1. The van der Waals surface area contributed by atoms with E-state index >= 15 is 0 Å². The second-order valence-corrected chi connectivity index (χ2v) is 5.57. The van der Waals surface area contributed by atoms with E-state index in [0.29, 0.717) is 6.61 Å². The van der Waals surface area contributed by atoms with Gasteiger partial charge < -0.3 is 10.1 Å². The van der Waals surface area contributed by atoms with E-state index in [9.17, 15) is 9.59 Å². The summed E-state index contributed by atoms with van der Waals surface area (Å²) in [5.74, 6) is -0.437. The number of carbonyl (C=O) groups is 2. The molecule has 19 heavy (non-hydrogen) atoms. The highest BCUT2D eigenvalue weighted by atomic mass is 32.2. The average molecular weight is 279 g/mol. The van der Waals surface area contributed by atoms with Crippen LogP contribution >= 0.6 is 11.8 Å². The zero-order chi connectivity index (χ0) is 13.7. The number of benzene rings is 1. The SMILES string of the molecule is CCCCOC(=O)C1NC(=O)C1Sc1ccccc1. The maximum atomic E-state index is 11.8. The lowest BCUT2D eigenvalue weighted by Crippen LogP contribution is -2.64. The first-order valence-electron chi connectivity index (χ1n) is 6.41. The van der Waals surface area contributed by atoms with Crippen LogP contribution in [0.5, 0.6) is 0 Å². The molecule has 2 atom stereocenters. The summed E-state index contributed by atoms with van der Waals surface area (Å²) in [5, 5.41) is 2.23. The summed E-state index contributed by atoms with van der Waals surface area (Å²) in [7, 11) is 0. The van der Waals surface area contributed by atoms with Gasteiger partial charge in [-0.1, -0.05) is 31.5 Å². The number of thioether (sulfide) groups is 1. The van der Waals surface area contributed by atoms with Crippen molar-refractivity contribution < 1.29 is 14.3 Å². The van der Waals surface area contributed by atoms with E-state index in [1.54, 1.807) is 0 Å². The third kappa shape index (κ3) is 3.50. The molecule has 1 saturated heterocycles. The van der Waals surface area contributed by atoms with Gasteiger partial charge in [0.2, 0.25) is 5.91 Å². The molecule has 0 saturated carbocycles. The Balaban J connectivity index is 1.89. The van der Waals surface area contributed by atoms with Gasteiger partial charge in [0.1, 0.15) is 11.3 Å². The predicted molar refractivity (Wildman–Crippen MR) is 73.9 cm³/mol. The molecule has 2 unspecified atom stereocenters. The molecule has 1 aliphatic heterocycles. The van der Waals surface area contributed by atoms with Crippen molar-refractivity contribution in [2.45, 2.75) is 36.0 Å². The molecule has 4 nitrogen and oxygen atoms in total. The van der Waals surface area contributed by atoms with Crippen LogP contribution in [-0.2, 0) is 14.3 Å². The minimum absolute atomic E-state index is 0.105. The molecule has 102 valence electrons. The fourth-order valence-corrected chi connectivity index (χ4v) is 2.82. The number of esters is 1. The van der Waals surface area contributed by atoms with Gasteiger partial charge in [0.05, 0.1) is 6.61 Å². The highest BCUT2D eigenvalue weighted by Crippen LogP contribution is 2.30. The second kappa shape index (κ2) is 6.61. The summed E-state index contributed by atoms with van der Waals surface area (Å²) < 4.78 is 5.14. The largest absolute Gasteiger partial charge is 0.464 e. The molecule has 5 heteroatoms. The van der Waals surface area contributed by atoms with Crippen LogP contribution in [-0.4, -0.2) is 29.8 Å². The molecule has 1 N–H and O–H groups in total. The Labute approximate surface area is 116 Å². The zero-order valence-corrected chi connectivity index (χ0v) is 11.6. The van der Waals surface area contributed by atoms with Gasteiger partial charge in [-0.3, -0.25) is 4.79 Å². The number of carbonyl (C=O) groups excluding carboxylic acids is 2. The lowest BCUT2D eigenvalue weighted by Gasteiger charge is -2.34. The highest BCUT2D eigenvalue weighted by molar-refractivity contribution is 8.00. The number of β-lactam (4-membered cyclic amide) rings is 1. The van der Waals surface area contributed by atoms with Crippen LogP contribution in [0.15, 0.2) is 35.2 Å². The second-order valence-electron chi connectivity index (χ2n) is 4.36. The third-order valence-corrected chi connectivity index (χ3v) is 4.15. The first kappa shape index (κ1) is 13.9. The molecule has 0 spiro atoms. The van der Waals surface area contributed by atoms with E-state index in [4.69, 9.17) is 4.74 Å². The maximum absolute atomic E-state index is 11.8. The minimum atomic E-state index is -0.519. The molecule has 1 aliphatic rings. The molecule has 1 amide bonds. The lowest BCUT2D eigenvalue weighted by molar-refractivity contribution is -0.152. The van der Waals surface area contributed by atoms with E-state index in [1.165, 1.54) is 11.8 Å². The Morgan fingerprint density at radius 1 is 1.37 bits per heavy atom. The predicted octanol–water partition coefficient (Wildman–Crippen LogP) is 1.99. The number of ether oxygens (including phenoxy) is 1. The lowest BCUT2D eigenvalue weighted by atomic mass is 10.1. The van der Waals surface area contributed by atoms with Gasteiger partial charge in [-0.2, -0.15) is 0 Å². The van der Waals surface area contributed by atoms with E-state index in [-0.39, 0.29) is 17.1 Å². The summed E-state index contributed by atoms with van der Waals surface area (Å²) >= 11 is 1.40. The van der Waals surface area contributed by atoms with Crippen LogP contribution in [0.2, 0.25) is 0 Å². The zero-order valence-electron chi connectivity index (χ0n) is 10.8. The van der Waals surface area contributed by atoms with Crippen LogP contribution in [0.3, 0.4) is 0 Å². The van der Waals surface area contributed by atoms with Crippen molar-refractivity contribution in [2.24, 2.45) is 0 Å². The Kier molecular flexibility index (Phi) is 4.85. The van der Waals surface area contributed by atoms with Gasteiger partial charge in [0.15, 0.2) is 0 Å². The minimum Gasteiger partial charge on any atom is -0.464 e. The first-order chi connectivity index (χ1) is 9.22. The van der Waals surface area contributed by atoms with Crippen LogP contribution in [0.1, 0.15) is 19.8 Å². The Hall–Kier alpha value is -1.49. The van der Waals surface area contributed by atoms with Gasteiger partial charge in [0.25, 0.3) is 0 Å². The fraction of sp³-hybridized carbons (Fsp3) is 0.429. The molecule has 0 aromatic heterocycles. The van der Waals surface area contributed by atoms with Crippen molar-refractivity contribution in [1.82, 2.24) is 5.32 Å². The van der Waals surface area contributed by atoms with Gasteiger partial charge in [-0.05, 0) is 18.6 Å². The molecule has 1 aromatic carbocycles. The van der Waals surface area contributed by atoms with Gasteiger partial charge in [-0.15, -0.1) is 11.8 Å². The van der Waals surface area contributed by atoms with Gasteiger partial charge >= 0.3 is 5.97 Å². The van der Waals surface area contributed by atoms with Crippen molar-refractivity contribution in [3.8, 4) is 0 Å². The number of rotatable bonds is 6. The van der Waals surface area contributed by atoms with E-state index in [1.807, 2.05) is 37.3 Å².